The van der Waals surface area contributed by atoms with Crippen LogP contribution >= 0.6 is 0 Å². The third-order valence-corrected chi connectivity index (χ3v) is 5.96. The van der Waals surface area contributed by atoms with Crippen LogP contribution in [0.2, 0.25) is 0 Å². The van der Waals surface area contributed by atoms with Crippen molar-refractivity contribution in [1.29, 1.82) is 0 Å². The third-order valence-electron chi connectivity index (χ3n) is 5.96. The minimum atomic E-state index is -1.01. The Labute approximate surface area is 236 Å². The number of carbonyl (C=O) groups excluding carboxylic acids is 3. The van der Waals surface area contributed by atoms with Crippen LogP contribution in [-0.2, 0) is 42.9 Å². The normalized spacial score (nSPS) is 17.2. The van der Waals surface area contributed by atoms with Crippen LogP contribution in [0.25, 0.3) is 0 Å². The monoisotopic (exact) mass is 568 g/mol. The second kappa shape index (κ2) is 19.7. The molecule has 2 aliphatic heterocycles. The Hall–Kier alpha value is -3.28. The molecule has 2 heterocycles. The van der Waals surface area contributed by atoms with E-state index in [1.54, 1.807) is 6.92 Å². The van der Waals surface area contributed by atoms with Gasteiger partial charge in [0.1, 0.15) is 6.61 Å². The molecule has 2 rings (SSSR count). The zero-order valence-corrected chi connectivity index (χ0v) is 24.1. The SMILES string of the molecule is C=C(C)C(=O)OCCO.C=C(CC1(CC)COC1)C(=O)OC.C=C(CC=C(C)C(=O)O)C(=O)OC1CCCCO1. The number of aliphatic hydroxyl groups is 1. The van der Waals surface area contributed by atoms with E-state index < -0.39 is 24.2 Å². The molecule has 0 amide bonds. The van der Waals surface area contributed by atoms with E-state index >= 15 is 0 Å². The molecule has 226 valence electrons. The molecule has 0 radical (unpaired) electrons. The molecule has 2 saturated heterocycles. The summed E-state index contributed by atoms with van der Waals surface area (Å²) in [5.74, 6) is -2.30. The maximum atomic E-state index is 11.6. The van der Waals surface area contributed by atoms with Gasteiger partial charge >= 0.3 is 23.9 Å². The Morgan fingerprint density at radius 1 is 1.02 bits per heavy atom. The number of ether oxygens (including phenoxy) is 5. The van der Waals surface area contributed by atoms with Crippen LogP contribution < -0.4 is 0 Å². The summed E-state index contributed by atoms with van der Waals surface area (Å²) in [5.41, 5.74) is 1.45. The first kappa shape index (κ1) is 36.7. The van der Waals surface area contributed by atoms with E-state index in [2.05, 4.69) is 36.1 Å². The minimum absolute atomic E-state index is 0.0473. The maximum absolute atomic E-state index is 11.6. The standard InChI is InChI=1S/C13H18O5.C10H16O3.C6H10O3/c1-9(12(14)15)6-7-10(2)13(16)18-11-5-3-4-8-17-11;1-4-10(6-13-7-10)5-8(2)9(11)12-3;1-5(2)6(8)9-4-3-7/h6,11H,2-5,7-8H2,1H3,(H,14,15);2,4-7H2,1,3H3;7H,1,3-4H2,2H3. The molecule has 0 bridgehead atoms. The van der Waals surface area contributed by atoms with E-state index in [1.165, 1.54) is 20.1 Å². The molecule has 0 saturated carbocycles. The van der Waals surface area contributed by atoms with Gasteiger partial charge in [-0.1, -0.05) is 32.7 Å². The average molecular weight is 569 g/mol. The molecule has 0 spiro atoms. The van der Waals surface area contributed by atoms with Crippen LogP contribution in [0.3, 0.4) is 0 Å². The van der Waals surface area contributed by atoms with E-state index in [4.69, 9.17) is 24.4 Å². The first-order chi connectivity index (χ1) is 18.8. The van der Waals surface area contributed by atoms with Gasteiger partial charge in [-0.2, -0.15) is 0 Å². The van der Waals surface area contributed by atoms with Crippen molar-refractivity contribution in [2.45, 2.75) is 65.6 Å². The second-order valence-corrected chi connectivity index (χ2v) is 9.46. The van der Waals surface area contributed by atoms with Crippen molar-refractivity contribution in [2.24, 2.45) is 5.41 Å². The topological polar surface area (TPSA) is 155 Å². The number of methoxy groups -OCH3 is 1. The van der Waals surface area contributed by atoms with Crippen molar-refractivity contribution in [2.75, 3.05) is 40.1 Å². The van der Waals surface area contributed by atoms with Gasteiger partial charge in [0.15, 0.2) is 0 Å². The summed E-state index contributed by atoms with van der Waals surface area (Å²) in [5, 5.41) is 16.9. The summed E-state index contributed by atoms with van der Waals surface area (Å²) in [7, 11) is 1.38. The number of aliphatic carboxylic acids is 1. The highest BCUT2D eigenvalue weighted by molar-refractivity contribution is 5.89. The number of rotatable bonds is 12. The van der Waals surface area contributed by atoms with Gasteiger partial charge in [0.05, 0.1) is 33.5 Å². The molecular formula is C29H44O11. The lowest BCUT2D eigenvalue weighted by atomic mass is 9.78. The molecule has 1 unspecified atom stereocenters. The van der Waals surface area contributed by atoms with Gasteiger partial charge in [0, 0.05) is 34.1 Å². The minimum Gasteiger partial charge on any atom is -0.478 e. The lowest BCUT2D eigenvalue weighted by Gasteiger charge is -2.41. The Bertz CT molecular complexity index is 917. The molecule has 40 heavy (non-hydrogen) atoms. The number of carbonyl (C=O) groups is 4. The molecule has 2 aliphatic rings. The van der Waals surface area contributed by atoms with Gasteiger partial charge in [0.25, 0.3) is 0 Å². The Morgan fingerprint density at radius 2 is 1.68 bits per heavy atom. The largest absolute Gasteiger partial charge is 0.478 e. The molecule has 2 fully saturated rings. The number of hydrogen-bond donors (Lipinski definition) is 2. The van der Waals surface area contributed by atoms with Crippen molar-refractivity contribution >= 4 is 23.9 Å². The Balaban J connectivity index is 0.000000608. The van der Waals surface area contributed by atoms with Crippen molar-refractivity contribution in [1.82, 2.24) is 0 Å². The molecule has 0 aromatic heterocycles. The summed E-state index contributed by atoms with van der Waals surface area (Å²) in [4.78, 5) is 43.7. The molecular weight excluding hydrogens is 524 g/mol. The fraction of sp³-hybridized carbons (Fsp3) is 0.586. The summed E-state index contributed by atoms with van der Waals surface area (Å²) < 4.78 is 24.6. The van der Waals surface area contributed by atoms with Gasteiger partial charge < -0.3 is 33.9 Å². The van der Waals surface area contributed by atoms with Crippen LogP contribution in [0.4, 0.5) is 0 Å². The highest BCUT2D eigenvalue weighted by atomic mass is 16.7. The van der Waals surface area contributed by atoms with Crippen LogP contribution in [0, 0.1) is 5.41 Å². The zero-order valence-electron chi connectivity index (χ0n) is 24.1. The van der Waals surface area contributed by atoms with E-state index in [9.17, 15) is 19.2 Å². The van der Waals surface area contributed by atoms with Crippen LogP contribution in [0.5, 0.6) is 0 Å². The van der Waals surface area contributed by atoms with Crippen molar-refractivity contribution in [3.8, 4) is 0 Å². The van der Waals surface area contributed by atoms with E-state index in [-0.39, 0.29) is 42.2 Å². The molecule has 2 N–H and O–H groups in total. The van der Waals surface area contributed by atoms with E-state index in [1.807, 2.05) is 0 Å². The van der Waals surface area contributed by atoms with Gasteiger partial charge in [-0.25, -0.2) is 19.2 Å². The smallest absolute Gasteiger partial charge is 0.336 e. The van der Waals surface area contributed by atoms with Crippen LogP contribution in [-0.4, -0.2) is 80.5 Å². The highest BCUT2D eigenvalue weighted by Crippen LogP contribution is 2.37. The quantitative estimate of drug-likeness (QED) is 0.201. The van der Waals surface area contributed by atoms with Gasteiger partial charge in [0.2, 0.25) is 6.29 Å². The zero-order chi connectivity index (χ0) is 30.7. The van der Waals surface area contributed by atoms with E-state index in [0.29, 0.717) is 30.6 Å². The Morgan fingerprint density at radius 3 is 2.10 bits per heavy atom. The number of aliphatic hydroxyl groups excluding tert-OH is 1. The van der Waals surface area contributed by atoms with Crippen molar-refractivity contribution in [3.05, 3.63) is 48.1 Å². The predicted octanol–water partition coefficient (Wildman–Crippen LogP) is 3.66. The van der Waals surface area contributed by atoms with Crippen molar-refractivity contribution < 1.29 is 53.1 Å². The number of carboxylic acid groups (broad SMARTS) is 1. The van der Waals surface area contributed by atoms with Gasteiger partial charge in [-0.15, -0.1) is 0 Å². The molecule has 0 aromatic rings. The lowest BCUT2D eigenvalue weighted by Crippen LogP contribution is -2.42. The number of allylic oxidation sites excluding steroid dienone is 1. The average Bonchev–Trinajstić information content (AvgIpc) is 2.92. The van der Waals surface area contributed by atoms with Gasteiger partial charge in [-0.05, 0) is 46.0 Å². The number of hydrogen-bond acceptors (Lipinski definition) is 10. The number of carboxylic acids is 1. The first-order valence-electron chi connectivity index (χ1n) is 13.0. The summed E-state index contributed by atoms with van der Waals surface area (Å²) >= 11 is 0. The summed E-state index contributed by atoms with van der Waals surface area (Å²) in [6, 6.07) is 0. The molecule has 11 nitrogen and oxygen atoms in total. The molecule has 0 aliphatic carbocycles. The Kier molecular flexibility index (Phi) is 18.1. The van der Waals surface area contributed by atoms with Crippen LogP contribution in [0.1, 0.15) is 59.3 Å². The molecule has 1 atom stereocenters. The highest BCUT2D eigenvalue weighted by Gasteiger charge is 2.38. The van der Waals surface area contributed by atoms with E-state index in [0.717, 1.165) is 32.5 Å². The van der Waals surface area contributed by atoms with Crippen molar-refractivity contribution in [3.63, 3.8) is 0 Å². The fourth-order valence-electron chi connectivity index (χ4n) is 3.21. The summed E-state index contributed by atoms with van der Waals surface area (Å²) in [6.07, 6.45) is 5.48. The fourth-order valence-corrected chi connectivity index (χ4v) is 3.21. The first-order valence-corrected chi connectivity index (χ1v) is 13.0. The lowest BCUT2D eigenvalue weighted by molar-refractivity contribution is -0.182. The maximum Gasteiger partial charge on any atom is 0.336 e. The molecule has 0 aromatic carbocycles. The summed E-state index contributed by atoms with van der Waals surface area (Å²) in [6.45, 7) is 17.7. The van der Waals surface area contributed by atoms with Crippen LogP contribution in [0.15, 0.2) is 48.1 Å². The second-order valence-electron chi connectivity index (χ2n) is 9.46. The predicted molar refractivity (Wildman–Crippen MR) is 147 cm³/mol. The molecule has 11 heteroatoms. The number of esters is 3. The van der Waals surface area contributed by atoms with Gasteiger partial charge in [-0.3, -0.25) is 0 Å². The third kappa shape index (κ3) is 14.8.